The first-order valence-corrected chi connectivity index (χ1v) is 10.1. The number of hydrogen-bond donors (Lipinski definition) is 0. The van der Waals surface area contributed by atoms with Crippen molar-refractivity contribution < 1.29 is 0 Å². The number of fused-ring (bicyclic) bond motifs is 2. The summed E-state index contributed by atoms with van der Waals surface area (Å²) in [6, 6.07) is 13.2. The molecule has 0 saturated heterocycles. The standard InChI is InChI=1S/C22H24N2.C2H6/c1-14-21(23-18-12-4-5-13-24(14)18)20-19(22(20,2)3)17-11-7-9-15-8-6-10-16(15)17;1-2/h4-5,7,9,11-13,19-20H,6,8,10H2,1-3H3;1-2H3/t19-,20+;/m1./s1. The van der Waals surface area contributed by atoms with Crippen LogP contribution in [0.15, 0.2) is 42.6 Å². The molecule has 2 aliphatic carbocycles. The molecule has 2 aromatic heterocycles. The van der Waals surface area contributed by atoms with Crippen molar-refractivity contribution in [1.82, 2.24) is 9.38 Å². The summed E-state index contributed by atoms with van der Waals surface area (Å²) in [7, 11) is 0. The zero-order valence-corrected chi connectivity index (χ0v) is 16.7. The van der Waals surface area contributed by atoms with Crippen LogP contribution < -0.4 is 0 Å². The van der Waals surface area contributed by atoms with Gasteiger partial charge in [-0.25, -0.2) is 4.98 Å². The fraction of sp³-hybridized carbons (Fsp3) is 0.458. The summed E-state index contributed by atoms with van der Waals surface area (Å²) in [4.78, 5) is 5.00. The Bertz CT molecular complexity index is 948. The van der Waals surface area contributed by atoms with E-state index in [1.807, 2.05) is 13.8 Å². The molecule has 0 bridgehead atoms. The summed E-state index contributed by atoms with van der Waals surface area (Å²) in [6.45, 7) is 11.1. The summed E-state index contributed by atoms with van der Waals surface area (Å²) in [5.74, 6) is 1.14. The van der Waals surface area contributed by atoms with E-state index in [-0.39, 0.29) is 0 Å². The molecule has 2 heteroatoms. The lowest BCUT2D eigenvalue weighted by molar-refractivity contribution is 0.596. The molecule has 1 fully saturated rings. The lowest BCUT2D eigenvalue weighted by Gasteiger charge is -2.09. The van der Waals surface area contributed by atoms with Crippen LogP contribution in [0.25, 0.3) is 5.65 Å². The van der Waals surface area contributed by atoms with Crippen LogP contribution in [0.4, 0.5) is 0 Å². The number of aryl methyl sites for hydroxylation is 2. The molecule has 0 radical (unpaired) electrons. The smallest absolute Gasteiger partial charge is 0.137 e. The van der Waals surface area contributed by atoms with E-state index in [1.165, 1.54) is 30.7 Å². The summed E-state index contributed by atoms with van der Waals surface area (Å²) in [5, 5.41) is 0. The number of hydrogen-bond acceptors (Lipinski definition) is 1. The van der Waals surface area contributed by atoms with Crippen molar-refractivity contribution in [1.29, 1.82) is 0 Å². The number of nitrogens with zero attached hydrogens (tertiary/aromatic N) is 2. The zero-order valence-electron chi connectivity index (χ0n) is 16.7. The first-order chi connectivity index (χ1) is 12.6. The summed E-state index contributed by atoms with van der Waals surface area (Å²) in [5.41, 5.74) is 8.78. The van der Waals surface area contributed by atoms with Crippen LogP contribution in [0.3, 0.4) is 0 Å². The average Bonchev–Trinajstić information content (AvgIpc) is 3.01. The maximum absolute atomic E-state index is 5.00. The lowest BCUT2D eigenvalue weighted by Crippen LogP contribution is -1.95. The fourth-order valence-corrected chi connectivity index (χ4v) is 5.10. The second-order valence-electron chi connectivity index (χ2n) is 8.13. The van der Waals surface area contributed by atoms with Crippen LogP contribution >= 0.6 is 0 Å². The van der Waals surface area contributed by atoms with Gasteiger partial charge in [-0.3, -0.25) is 0 Å². The predicted molar refractivity (Wildman–Crippen MR) is 109 cm³/mol. The molecule has 0 spiro atoms. The minimum Gasteiger partial charge on any atom is -0.304 e. The van der Waals surface area contributed by atoms with Gasteiger partial charge in [-0.1, -0.05) is 52.0 Å². The van der Waals surface area contributed by atoms with Crippen LogP contribution in [-0.2, 0) is 12.8 Å². The SMILES string of the molecule is CC.Cc1c([C@@H]2[C@@H](c3cccc4c3CCC4)C2(C)C)nc2ccccn12. The van der Waals surface area contributed by atoms with Crippen molar-refractivity contribution in [3.63, 3.8) is 0 Å². The van der Waals surface area contributed by atoms with Crippen LogP contribution in [0.2, 0.25) is 0 Å². The van der Waals surface area contributed by atoms with Gasteiger partial charge in [-0.05, 0) is 66.3 Å². The molecule has 26 heavy (non-hydrogen) atoms. The van der Waals surface area contributed by atoms with E-state index in [1.54, 1.807) is 16.7 Å². The van der Waals surface area contributed by atoms with Crippen molar-refractivity contribution in [2.75, 3.05) is 0 Å². The minimum absolute atomic E-state index is 0.292. The van der Waals surface area contributed by atoms with Crippen molar-refractivity contribution in [2.45, 2.75) is 65.7 Å². The zero-order chi connectivity index (χ0) is 18.5. The molecule has 5 rings (SSSR count). The van der Waals surface area contributed by atoms with E-state index >= 15 is 0 Å². The third kappa shape index (κ3) is 2.42. The Kier molecular flexibility index (Phi) is 4.17. The van der Waals surface area contributed by atoms with E-state index < -0.39 is 0 Å². The van der Waals surface area contributed by atoms with Crippen molar-refractivity contribution in [3.8, 4) is 0 Å². The van der Waals surface area contributed by atoms with Gasteiger partial charge < -0.3 is 4.40 Å². The molecule has 2 heterocycles. The third-order valence-electron chi connectivity index (χ3n) is 6.44. The first kappa shape index (κ1) is 17.3. The highest BCUT2D eigenvalue weighted by Crippen LogP contribution is 2.70. The molecule has 2 aliphatic rings. The Morgan fingerprint density at radius 2 is 1.81 bits per heavy atom. The van der Waals surface area contributed by atoms with Gasteiger partial charge >= 0.3 is 0 Å². The van der Waals surface area contributed by atoms with Crippen LogP contribution in [0, 0.1) is 12.3 Å². The second-order valence-corrected chi connectivity index (χ2v) is 8.13. The average molecular weight is 347 g/mol. The highest BCUT2D eigenvalue weighted by molar-refractivity contribution is 5.52. The number of imidazole rings is 1. The number of rotatable bonds is 2. The van der Waals surface area contributed by atoms with Gasteiger partial charge in [0.1, 0.15) is 5.65 Å². The quantitative estimate of drug-likeness (QED) is 0.551. The monoisotopic (exact) mass is 346 g/mol. The molecule has 1 saturated carbocycles. The fourth-order valence-electron chi connectivity index (χ4n) is 5.10. The Labute approximate surface area is 157 Å². The van der Waals surface area contributed by atoms with Crippen molar-refractivity contribution in [2.24, 2.45) is 5.41 Å². The largest absolute Gasteiger partial charge is 0.304 e. The van der Waals surface area contributed by atoms with E-state index in [2.05, 4.69) is 67.8 Å². The van der Waals surface area contributed by atoms with Crippen molar-refractivity contribution >= 4 is 5.65 Å². The molecule has 2 nitrogen and oxygen atoms in total. The Hall–Kier alpha value is -2.09. The van der Waals surface area contributed by atoms with Gasteiger partial charge in [0.15, 0.2) is 0 Å². The molecule has 3 aromatic rings. The van der Waals surface area contributed by atoms with Crippen molar-refractivity contribution in [3.05, 3.63) is 70.7 Å². The normalized spacial score (nSPS) is 22.7. The molecular formula is C24H30N2. The molecule has 0 N–H and O–H groups in total. The van der Waals surface area contributed by atoms with E-state index in [4.69, 9.17) is 4.98 Å². The van der Waals surface area contributed by atoms with E-state index in [9.17, 15) is 0 Å². The maximum atomic E-state index is 5.00. The predicted octanol–water partition coefficient (Wildman–Crippen LogP) is 6.06. The van der Waals surface area contributed by atoms with E-state index in [0.717, 1.165) is 5.65 Å². The minimum atomic E-state index is 0.292. The molecule has 0 amide bonds. The van der Waals surface area contributed by atoms with E-state index in [0.29, 0.717) is 17.3 Å². The Morgan fingerprint density at radius 1 is 1.00 bits per heavy atom. The van der Waals surface area contributed by atoms with Gasteiger partial charge in [0, 0.05) is 17.8 Å². The van der Waals surface area contributed by atoms with Gasteiger partial charge in [0.2, 0.25) is 0 Å². The molecule has 2 atom stereocenters. The molecule has 0 unspecified atom stereocenters. The third-order valence-corrected chi connectivity index (χ3v) is 6.44. The molecular weight excluding hydrogens is 316 g/mol. The van der Waals surface area contributed by atoms with Crippen LogP contribution in [0.5, 0.6) is 0 Å². The summed E-state index contributed by atoms with van der Waals surface area (Å²) < 4.78 is 2.23. The topological polar surface area (TPSA) is 17.3 Å². The highest BCUT2D eigenvalue weighted by Gasteiger charge is 2.61. The number of benzene rings is 1. The Morgan fingerprint density at radius 3 is 2.58 bits per heavy atom. The van der Waals surface area contributed by atoms with Gasteiger partial charge in [-0.2, -0.15) is 0 Å². The number of aromatic nitrogens is 2. The lowest BCUT2D eigenvalue weighted by atomic mass is 9.95. The second kappa shape index (κ2) is 6.26. The maximum Gasteiger partial charge on any atom is 0.137 e. The van der Waals surface area contributed by atoms with Gasteiger partial charge in [-0.15, -0.1) is 0 Å². The van der Waals surface area contributed by atoms with Gasteiger partial charge in [0.05, 0.1) is 5.69 Å². The first-order valence-electron chi connectivity index (χ1n) is 10.1. The summed E-state index contributed by atoms with van der Waals surface area (Å²) >= 11 is 0. The van der Waals surface area contributed by atoms with Gasteiger partial charge in [0.25, 0.3) is 0 Å². The number of pyridine rings is 1. The van der Waals surface area contributed by atoms with Crippen LogP contribution in [0.1, 0.15) is 74.0 Å². The van der Waals surface area contributed by atoms with Crippen LogP contribution in [-0.4, -0.2) is 9.38 Å². The molecule has 136 valence electrons. The molecule has 1 aromatic carbocycles. The highest BCUT2D eigenvalue weighted by atomic mass is 15.0. The summed E-state index contributed by atoms with van der Waals surface area (Å²) in [6.07, 6.45) is 5.96. The molecule has 0 aliphatic heterocycles. The Balaban J connectivity index is 0.000000814.